The van der Waals surface area contributed by atoms with Gasteiger partial charge >= 0.3 is 12.1 Å². The quantitative estimate of drug-likeness (QED) is 0.838. The van der Waals surface area contributed by atoms with Gasteiger partial charge in [0, 0.05) is 12.5 Å². The Bertz CT molecular complexity index is 344. The van der Waals surface area contributed by atoms with Crippen LogP contribution in [0.5, 0.6) is 0 Å². The number of halogens is 3. The summed E-state index contributed by atoms with van der Waals surface area (Å²) in [5, 5.41) is 11.6. The van der Waals surface area contributed by atoms with E-state index in [1.807, 2.05) is 0 Å². The van der Waals surface area contributed by atoms with Crippen molar-refractivity contribution in [1.82, 2.24) is 5.32 Å². The van der Waals surface area contributed by atoms with Crippen LogP contribution in [0.1, 0.15) is 51.4 Å². The molecule has 0 radical (unpaired) electrons. The summed E-state index contributed by atoms with van der Waals surface area (Å²) in [6.07, 6.45) is -1.76. The molecule has 0 spiro atoms. The molecule has 1 rings (SSSR count). The second kappa shape index (κ2) is 7.50. The zero-order valence-electron chi connectivity index (χ0n) is 11.2. The molecule has 1 aliphatic carbocycles. The lowest BCUT2D eigenvalue weighted by molar-refractivity contribution is -0.147. The SMILES string of the molecule is O=C(CCC(F)(F)F)NC1CCCCCCC1C(=O)O. The number of alkyl halides is 3. The molecule has 0 heterocycles. The Labute approximate surface area is 115 Å². The maximum absolute atomic E-state index is 12.0. The largest absolute Gasteiger partial charge is 0.481 e. The Morgan fingerprint density at radius 2 is 1.70 bits per heavy atom. The van der Waals surface area contributed by atoms with Crippen molar-refractivity contribution in [2.75, 3.05) is 0 Å². The highest BCUT2D eigenvalue weighted by Gasteiger charge is 2.32. The summed E-state index contributed by atoms with van der Waals surface area (Å²) >= 11 is 0. The molecule has 1 amide bonds. The van der Waals surface area contributed by atoms with Crippen molar-refractivity contribution in [3.63, 3.8) is 0 Å². The molecule has 20 heavy (non-hydrogen) atoms. The first kappa shape index (κ1) is 16.8. The number of aliphatic carboxylic acids is 1. The second-order valence-electron chi connectivity index (χ2n) is 5.23. The minimum atomic E-state index is -4.37. The van der Waals surface area contributed by atoms with Crippen molar-refractivity contribution in [3.8, 4) is 0 Å². The third-order valence-corrected chi connectivity index (χ3v) is 3.57. The van der Waals surface area contributed by atoms with E-state index in [1.165, 1.54) is 0 Å². The van der Waals surface area contributed by atoms with Gasteiger partial charge in [-0.1, -0.05) is 25.7 Å². The van der Waals surface area contributed by atoms with Gasteiger partial charge in [-0.2, -0.15) is 13.2 Å². The minimum Gasteiger partial charge on any atom is -0.481 e. The van der Waals surface area contributed by atoms with Crippen LogP contribution >= 0.6 is 0 Å². The van der Waals surface area contributed by atoms with E-state index >= 15 is 0 Å². The number of amides is 1. The van der Waals surface area contributed by atoms with Crippen LogP contribution in [0.3, 0.4) is 0 Å². The maximum atomic E-state index is 12.0. The minimum absolute atomic E-state index is 0.458. The maximum Gasteiger partial charge on any atom is 0.389 e. The predicted molar refractivity (Wildman–Crippen MR) is 66.0 cm³/mol. The number of carboxylic acid groups (broad SMARTS) is 1. The number of carboxylic acids is 1. The molecule has 1 saturated carbocycles. The molecular weight excluding hydrogens is 275 g/mol. The van der Waals surface area contributed by atoms with E-state index < -0.39 is 42.9 Å². The highest BCUT2D eigenvalue weighted by atomic mass is 19.4. The molecule has 0 aliphatic heterocycles. The average Bonchev–Trinajstić information content (AvgIpc) is 2.29. The molecule has 0 aromatic rings. The van der Waals surface area contributed by atoms with Crippen LogP contribution in [0.2, 0.25) is 0 Å². The van der Waals surface area contributed by atoms with Gasteiger partial charge in [0.1, 0.15) is 0 Å². The fourth-order valence-corrected chi connectivity index (χ4v) is 2.49. The van der Waals surface area contributed by atoms with E-state index in [-0.39, 0.29) is 0 Å². The highest BCUT2D eigenvalue weighted by molar-refractivity contribution is 5.78. The van der Waals surface area contributed by atoms with Gasteiger partial charge < -0.3 is 10.4 Å². The topological polar surface area (TPSA) is 66.4 Å². The van der Waals surface area contributed by atoms with Crippen molar-refractivity contribution in [2.45, 2.75) is 63.6 Å². The number of nitrogens with one attached hydrogen (secondary N) is 1. The molecule has 7 heteroatoms. The molecule has 4 nitrogen and oxygen atoms in total. The van der Waals surface area contributed by atoms with Gasteiger partial charge in [0.15, 0.2) is 0 Å². The molecule has 2 atom stereocenters. The van der Waals surface area contributed by atoms with Gasteiger partial charge in [0.05, 0.1) is 12.3 Å². The van der Waals surface area contributed by atoms with Crippen molar-refractivity contribution in [3.05, 3.63) is 0 Å². The summed E-state index contributed by atoms with van der Waals surface area (Å²) in [5.74, 6) is -2.42. The highest BCUT2D eigenvalue weighted by Crippen LogP contribution is 2.24. The smallest absolute Gasteiger partial charge is 0.389 e. The summed E-state index contributed by atoms with van der Waals surface area (Å²) in [7, 11) is 0. The van der Waals surface area contributed by atoms with Gasteiger partial charge in [-0.05, 0) is 12.8 Å². The normalized spacial score (nSPS) is 24.6. The van der Waals surface area contributed by atoms with E-state index in [2.05, 4.69) is 5.32 Å². The molecule has 0 saturated heterocycles. The monoisotopic (exact) mass is 295 g/mol. The van der Waals surface area contributed by atoms with Crippen LogP contribution in [-0.4, -0.2) is 29.2 Å². The van der Waals surface area contributed by atoms with E-state index in [9.17, 15) is 22.8 Å². The summed E-state index contributed by atoms with van der Waals surface area (Å²) in [4.78, 5) is 22.7. The molecule has 0 aromatic heterocycles. The zero-order chi connectivity index (χ0) is 15.2. The summed E-state index contributed by atoms with van der Waals surface area (Å²) in [6.45, 7) is 0. The third kappa shape index (κ3) is 6.25. The van der Waals surface area contributed by atoms with Gasteiger partial charge in [0.25, 0.3) is 0 Å². The molecule has 0 aromatic carbocycles. The van der Waals surface area contributed by atoms with Crippen molar-refractivity contribution in [1.29, 1.82) is 0 Å². The predicted octanol–water partition coefficient (Wildman–Crippen LogP) is 2.87. The standard InChI is InChI=1S/C13H20F3NO3/c14-13(15,16)8-7-11(18)17-10-6-4-2-1-3-5-9(10)12(19)20/h9-10H,1-8H2,(H,17,18)(H,19,20). The van der Waals surface area contributed by atoms with Crippen LogP contribution < -0.4 is 5.32 Å². The van der Waals surface area contributed by atoms with E-state index in [4.69, 9.17) is 5.11 Å². The molecule has 0 bridgehead atoms. The van der Waals surface area contributed by atoms with Crippen molar-refractivity contribution in [2.24, 2.45) is 5.92 Å². The van der Waals surface area contributed by atoms with E-state index in [0.29, 0.717) is 12.8 Å². The van der Waals surface area contributed by atoms with Crippen LogP contribution in [-0.2, 0) is 9.59 Å². The number of hydrogen-bond donors (Lipinski definition) is 2. The Kier molecular flexibility index (Phi) is 6.29. The van der Waals surface area contributed by atoms with Crippen LogP contribution in [0.4, 0.5) is 13.2 Å². The molecule has 2 N–H and O–H groups in total. The third-order valence-electron chi connectivity index (χ3n) is 3.57. The molecule has 116 valence electrons. The fraction of sp³-hybridized carbons (Fsp3) is 0.846. The van der Waals surface area contributed by atoms with Gasteiger partial charge in [-0.3, -0.25) is 9.59 Å². The summed E-state index contributed by atoms with van der Waals surface area (Å²) < 4.78 is 36.1. The number of carbonyl (C=O) groups is 2. The van der Waals surface area contributed by atoms with Crippen LogP contribution in [0, 0.1) is 5.92 Å². The summed E-state index contributed by atoms with van der Waals surface area (Å²) in [5.41, 5.74) is 0. The molecular formula is C13H20F3NO3. The van der Waals surface area contributed by atoms with Gasteiger partial charge in [-0.25, -0.2) is 0 Å². The zero-order valence-corrected chi connectivity index (χ0v) is 11.2. The Morgan fingerprint density at radius 3 is 2.25 bits per heavy atom. The first-order valence-electron chi connectivity index (χ1n) is 6.88. The Morgan fingerprint density at radius 1 is 1.10 bits per heavy atom. The van der Waals surface area contributed by atoms with Gasteiger partial charge in [-0.15, -0.1) is 0 Å². The van der Waals surface area contributed by atoms with Crippen molar-refractivity contribution >= 4 is 11.9 Å². The lowest BCUT2D eigenvalue weighted by atomic mass is 9.86. The number of carbonyl (C=O) groups excluding carboxylic acids is 1. The molecule has 2 unspecified atom stereocenters. The fourth-order valence-electron chi connectivity index (χ4n) is 2.49. The lowest BCUT2D eigenvalue weighted by Gasteiger charge is -2.27. The van der Waals surface area contributed by atoms with E-state index in [1.54, 1.807) is 0 Å². The number of rotatable bonds is 4. The summed E-state index contributed by atoms with van der Waals surface area (Å²) in [6, 6.07) is -0.562. The average molecular weight is 295 g/mol. The first-order chi connectivity index (χ1) is 9.29. The Balaban J connectivity index is 2.55. The molecule has 1 aliphatic rings. The number of hydrogen-bond acceptors (Lipinski definition) is 2. The van der Waals surface area contributed by atoms with Crippen LogP contribution in [0.25, 0.3) is 0 Å². The second-order valence-corrected chi connectivity index (χ2v) is 5.23. The Hall–Kier alpha value is -1.27. The van der Waals surface area contributed by atoms with Crippen LogP contribution in [0.15, 0.2) is 0 Å². The van der Waals surface area contributed by atoms with Crippen molar-refractivity contribution < 1.29 is 27.9 Å². The lowest BCUT2D eigenvalue weighted by Crippen LogP contribution is -2.44. The van der Waals surface area contributed by atoms with E-state index in [0.717, 1.165) is 25.7 Å². The molecule has 1 fully saturated rings. The van der Waals surface area contributed by atoms with Gasteiger partial charge in [0.2, 0.25) is 5.91 Å². The first-order valence-corrected chi connectivity index (χ1v) is 6.88.